The number of carboxylic acid groups (broad SMARTS) is 1. The first-order chi connectivity index (χ1) is 6.52. The van der Waals surface area contributed by atoms with Gasteiger partial charge in [-0.15, -0.1) is 0 Å². The van der Waals surface area contributed by atoms with Crippen molar-refractivity contribution >= 4 is 11.9 Å². The van der Waals surface area contributed by atoms with Crippen molar-refractivity contribution in [3.8, 4) is 0 Å². The molecule has 0 heterocycles. The number of hydrogen-bond donors (Lipinski definition) is 1. The Hall–Kier alpha value is -1.32. The molecule has 0 saturated carbocycles. The van der Waals surface area contributed by atoms with Gasteiger partial charge in [0.25, 0.3) is 0 Å². The van der Waals surface area contributed by atoms with Gasteiger partial charge in [-0.3, -0.25) is 9.59 Å². The van der Waals surface area contributed by atoms with Crippen LogP contribution in [0.15, 0.2) is 12.3 Å². The molecule has 0 amide bonds. The number of carbonyl (C=O) groups excluding carboxylic acids is 1. The molecule has 0 radical (unpaired) electrons. The van der Waals surface area contributed by atoms with E-state index in [0.29, 0.717) is 5.92 Å². The van der Waals surface area contributed by atoms with Crippen LogP contribution in [0.25, 0.3) is 0 Å². The predicted octanol–water partition coefficient (Wildman–Crippen LogP) is 1.95. The van der Waals surface area contributed by atoms with E-state index in [9.17, 15) is 9.59 Å². The van der Waals surface area contributed by atoms with Crippen molar-refractivity contribution in [1.29, 1.82) is 0 Å². The molecule has 0 unspecified atom stereocenters. The minimum Gasteiger partial charge on any atom is -0.481 e. The number of rotatable bonds is 6. The molecule has 0 atom stereocenters. The molecule has 0 fully saturated rings. The zero-order valence-corrected chi connectivity index (χ0v) is 8.53. The van der Waals surface area contributed by atoms with Gasteiger partial charge in [0.1, 0.15) is 6.42 Å². The second-order valence-corrected chi connectivity index (χ2v) is 3.40. The zero-order chi connectivity index (χ0) is 11.0. The molecule has 4 heteroatoms. The lowest BCUT2D eigenvalue weighted by atomic mass is 10.1. The summed E-state index contributed by atoms with van der Waals surface area (Å²) in [7, 11) is 0. The summed E-state index contributed by atoms with van der Waals surface area (Å²) in [6.45, 7) is 4.20. The Morgan fingerprint density at radius 1 is 1.43 bits per heavy atom. The summed E-state index contributed by atoms with van der Waals surface area (Å²) in [6, 6.07) is 0. The summed E-state index contributed by atoms with van der Waals surface area (Å²) < 4.78 is 4.53. The van der Waals surface area contributed by atoms with Gasteiger partial charge in [-0.25, -0.2) is 0 Å². The third kappa shape index (κ3) is 8.77. The largest absolute Gasteiger partial charge is 0.481 e. The predicted molar refractivity (Wildman–Crippen MR) is 51.6 cm³/mol. The molecular weight excluding hydrogens is 184 g/mol. The molecule has 80 valence electrons. The van der Waals surface area contributed by atoms with Crippen LogP contribution < -0.4 is 0 Å². The summed E-state index contributed by atoms with van der Waals surface area (Å²) in [5, 5.41) is 8.23. The molecule has 0 aromatic heterocycles. The molecule has 0 bridgehead atoms. The summed E-state index contributed by atoms with van der Waals surface area (Å²) >= 11 is 0. The molecule has 14 heavy (non-hydrogen) atoms. The smallest absolute Gasteiger partial charge is 0.321 e. The standard InChI is InChI=1S/C10H16O4/c1-8(2)5-3-4-6-14-10(13)7-9(11)12/h4,6,8H,3,5,7H2,1-2H3,(H,11,12). The van der Waals surface area contributed by atoms with Gasteiger partial charge in [0.15, 0.2) is 0 Å². The van der Waals surface area contributed by atoms with E-state index in [1.54, 1.807) is 6.08 Å². The topological polar surface area (TPSA) is 63.6 Å². The third-order valence-corrected chi connectivity index (χ3v) is 1.50. The Labute approximate surface area is 83.6 Å². The quantitative estimate of drug-likeness (QED) is 0.404. The Bertz CT molecular complexity index is 218. The maximum atomic E-state index is 10.7. The lowest BCUT2D eigenvalue weighted by Gasteiger charge is -1.99. The van der Waals surface area contributed by atoms with Crippen LogP contribution >= 0.6 is 0 Å². The average Bonchev–Trinajstić information content (AvgIpc) is 2.01. The molecule has 0 aliphatic heterocycles. The fourth-order valence-corrected chi connectivity index (χ4v) is 0.787. The Morgan fingerprint density at radius 2 is 2.07 bits per heavy atom. The van der Waals surface area contributed by atoms with E-state index in [-0.39, 0.29) is 0 Å². The minimum absolute atomic E-state index is 0.589. The van der Waals surface area contributed by atoms with Crippen LogP contribution in [0.4, 0.5) is 0 Å². The second-order valence-electron chi connectivity index (χ2n) is 3.40. The number of allylic oxidation sites excluding steroid dienone is 1. The van der Waals surface area contributed by atoms with Gasteiger partial charge in [0.05, 0.1) is 6.26 Å². The van der Waals surface area contributed by atoms with Crippen LogP contribution in [-0.2, 0) is 14.3 Å². The van der Waals surface area contributed by atoms with E-state index in [2.05, 4.69) is 18.6 Å². The number of aliphatic carboxylic acids is 1. The summed E-state index contributed by atoms with van der Waals surface area (Å²) in [5.74, 6) is -1.31. The highest BCUT2D eigenvalue weighted by molar-refractivity contribution is 5.90. The van der Waals surface area contributed by atoms with Gasteiger partial charge in [-0.2, -0.15) is 0 Å². The van der Waals surface area contributed by atoms with Gasteiger partial charge in [-0.05, 0) is 24.8 Å². The number of hydrogen-bond acceptors (Lipinski definition) is 3. The molecule has 0 rings (SSSR count). The van der Waals surface area contributed by atoms with E-state index < -0.39 is 18.4 Å². The molecule has 0 saturated heterocycles. The molecule has 0 spiro atoms. The first-order valence-electron chi connectivity index (χ1n) is 4.58. The van der Waals surface area contributed by atoms with Gasteiger partial charge in [0, 0.05) is 0 Å². The Kier molecular flexibility index (Phi) is 6.45. The summed E-state index contributed by atoms with van der Waals surface area (Å²) in [4.78, 5) is 20.8. The second kappa shape index (κ2) is 7.12. The highest BCUT2D eigenvalue weighted by Gasteiger charge is 2.06. The lowest BCUT2D eigenvalue weighted by Crippen LogP contribution is -2.07. The first-order valence-corrected chi connectivity index (χ1v) is 4.58. The van der Waals surface area contributed by atoms with E-state index in [0.717, 1.165) is 12.8 Å². The van der Waals surface area contributed by atoms with Crippen LogP contribution in [0.3, 0.4) is 0 Å². The summed E-state index contributed by atoms with van der Waals surface area (Å²) in [6.07, 6.45) is 4.24. The lowest BCUT2D eigenvalue weighted by molar-refractivity contribution is -0.147. The summed E-state index contributed by atoms with van der Waals surface area (Å²) in [5.41, 5.74) is 0. The van der Waals surface area contributed by atoms with E-state index in [4.69, 9.17) is 5.11 Å². The van der Waals surface area contributed by atoms with Crippen LogP contribution in [-0.4, -0.2) is 17.0 Å². The average molecular weight is 200 g/mol. The molecule has 0 aromatic carbocycles. The Morgan fingerprint density at radius 3 is 2.57 bits per heavy atom. The normalized spacial score (nSPS) is 10.8. The van der Waals surface area contributed by atoms with Gasteiger partial charge in [-0.1, -0.05) is 13.8 Å². The zero-order valence-electron chi connectivity index (χ0n) is 8.53. The first kappa shape index (κ1) is 12.7. The van der Waals surface area contributed by atoms with Crippen molar-refractivity contribution in [1.82, 2.24) is 0 Å². The van der Waals surface area contributed by atoms with E-state index in [1.807, 2.05) is 0 Å². The van der Waals surface area contributed by atoms with Crippen LogP contribution in [0.5, 0.6) is 0 Å². The van der Waals surface area contributed by atoms with E-state index in [1.165, 1.54) is 6.26 Å². The molecule has 4 nitrogen and oxygen atoms in total. The highest BCUT2D eigenvalue weighted by Crippen LogP contribution is 2.03. The maximum absolute atomic E-state index is 10.7. The van der Waals surface area contributed by atoms with Gasteiger partial charge in [0.2, 0.25) is 0 Å². The SMILES string of the molecule is CC(C)CCC=COC(=O)CC(=O)O. The molecule has 0 aliphatic rings. The van der Waals surface area contributed by atoms with Crippen molar-refractivity contribution in [3.05, 3.63) is 12.3 Å². The number of ether oxygens (including phenoxy) is 1. The maximum Gasteiger partial charge on any atom is 0.321 e. The van der Waals surface area contributed by atoms with Crippen molar-refractivity contribution in [2.24, 2.45) is 5.92 Å². The van der Waals surface area contributed by atoms with E-state index >= 15 is 0 Å². The fourth-order valence-electron chi connectivity index (χ4n) is 0.787. The van der Waals surface area contributed by atoms with Crippen molar-refractivity contribution in [3.63, 3.8) is 0 Å². The number of esters is 1. The number of carbonyl (C=O) groups is 2. The van der Waals surface area contributed by atoms with Gasteiger partial charge >= 0.3 is 11.9 Å². The van der Waals surface area contributed by atoms with Gasteiger partial charge < -0.3 is 9.84 Å². The van der Waals surface area contributed by atoms with Crippen LogP contribution in [0, 0.1) is 5.92 Å². The molecule has 0 aliphatic carbocycles. The highest BCUT2D eigenvalue weighted by atomic mass is 16.5. The third-order valence-electron chi connectivity index (χ3n) is 1.50. The molecular formula is C10H16O4. The molecule has 0 aromatic rings. The minimum atomic E-state index is -1.18. The monoisotopic (exact) mass is 200 g/mol. The van der Waals surface area contributed by atoms with Crippen LogP contribution in [0.2, 0.25) is 0 Å². The Balaban J connectivity index is 3.51. The fraction of sp³-hybridized carbons (Fsp3) is 0.600. The van der Waals surface area contributed by atoms with Crippen molar-refractivity contribution in [2.45, 2.75) is 33.1 Å². The van der Waals surface area contributed by atoms with Crippen molar-refractivity contribution < 1.29 is 19.4 Å². The van der Waals surface area contributed by atoms with Crippen molar-refractivity contribution in [2.75, 3.05) is 0 Å². The molecule has 1 N–H and O–H groups in total. The van der Waals surface area contributed by atoms with Crippen LogP contribution in [0.1, 0.15) is 33.1 Å². The number of carboxylic acids is 1.